The van der Waals surface area contributed by atoms with Gasteiger partial charge in [0, 0.05) is 13.6 Å². The monoisotopic (exact) mass is 291 g/mol. The van der Waals surface area contributed by atoms with Gasteiger partial charge >= 0.3 is 0 Å². The molecule has 0 aliphatic rings. The lowest BCUT2D eigenvalue weighted by molar-refractivity contribution is 0.0790. The molecule has 0 aliphatic heterocycles. The van der Waals surface area contributed by atoms with E-state index in [0.717, 1.165) is 10.4 Å². The first kappa shape index (κ1) is 14.4. The van der Waals surface area contributed by atoms with E-state index >= 15 is 0 Å². The Hall–Kier alpha value is -2.01. The molecule has 0 N–H and O–H groups in total. The molecule has 1 amide bonds. The molecule has 0 radical (unpaired) electrons. The highest BCUT2D eigenvalue weighted by atomic mass is 32.1. The van der Waals surface area contributed by atoms with Gasteiger partial charge in [0.25, 0.3) is 5.91 Å². The fraction of sp³-hybridized carbons (Fsp3) is 0.267. The highest BCUT2D eigenvalue weighted by Crippen LogP contribution is 2.28. The van der Waals surface area contributed by atoms with E-state index < -0.39 is 0 Å². The van der Waals surface area contributed by atoms with Gasteiger partial charge in [-0.15, -0.1) is 11.3 Å². The number of rotatable bonds is 5. The number of nitrogens with zero attached hydrogens (tertiary/aromatic N) is 1. The van der Waals surface area contributed by atoms with Gasteiger partial charge in [-0.1, -0.05) is 12.1 Å². The van der Waals surface area contributed by atoms with Crippen LogP contribution in [0.5, 0.6) is 11.5 Å². The molecule has 0 aliphatic carbocycles. The topological polar surface area (TPSA) is 38.8 Å². The van der Waals surface area contributed by atoms with Crippen molar-refractivity contribution in [1.82, 2.24) is 4.90 Å². The van der Waals surface area contributed by atoms with Crippen molar-refractivity contribution in [2.75, 3.05) is 21.3 Å². The van der Waals surface area contributed by atoms with Crippen LogP contribution >= 0.6 is 11.3 Å². The highest BCUT2D eigenvalue weighted by Gasteiger charge is 2.14. The third kappa shape index (κ3) is 3.11. The summed E-state index contributed by atoms with van der Waals surface area (Å²) in [6.07, 6.45) is 0. The molecule has 2 aromatic rings. The Kier molecular flexibility index (Phi) is 4.63. The fourth-order valence-electron chi connectivity index (χ4n) is 1.91. The molecular formula is C15H17NO3S. The zero-order valence-electron chi connectivity index (χ0n) is 11.8. The van der Waals surface area contributed by atoms with Crippen molar-refractivity contribution < 1.29 is 14.3 Å². The summed E-state index contributed by atoms with van der Waals surface area (Å²) in [5, 5.41) is 1.90. The first-order chi connectivity index (χ1) is 9.65. The predicted molar refractivity (Wildman–Crippen MR) is 79.7 cm³/mol. The first-order valence-electron chi connectivity index (χ1n) is 6.15. The van der Waals surface area contributed by atoms with Gasteiger partial charge in [-0.3, -0.25) is 4.79 Å². The second-order valence-corrected chi connectivity index (χ2v) is 5.28. The van der Waals surface area contributed by atoms with Crippen molar-refractivity contribution in [2.45, 2.75) is 6.54 Å². The van der Waals surface area contributed by atoms with Gasteiger partial charge in [-0.05, 0) is 29.1 Å². The smallest absolute Gasteiger partial charge is 0.263 e. The van der Waals surface area contributed by atoms with Gasteiger partial charge in [0.1, 0.15) is 0 Å². The quantitative estimate of drug-likeness (QED) is 0.850. The Balaban J connectivity index is 2.11. The Morgan fingerprint density at radius 1 is 1.20 bits per heavy atom. The molecule has 0 unspecified atom stereocenters. The maximum atomic E-state index is 12.2. The van der Waals surface area contributed by atoms with Crippen LogP contribution in [0.3, 0.4) is 0 Å². The van der Waals surface area contributed by atoms with E-state index in [1.165, 1.54) is 11.3 Å². The van der Waals surface area contributed by atoms with E-state index in [2.05, 4.69) is 0 Å². The van der Waals surface area contributed by atoms with Crippen LogP contribution in [-0.2, 0) is 6.54 Å². The van der Waals surface area contributed by atoms with Crippen LogP contribution in [0, 0.1) is 0 Å². The van der Waals surface area contributed by atoms with Crippen molar-refractivity contribution >= 4 is 17.2 Å². The van der Waals surface area contributed by atoms with Crippen molar-refractivity contribution in [3.63, 3.8) is 0 Å². The van der Waals surface area contributed by atoms with E-state index in [4.69, 9.17) is 9.47 Å². The molecule has 1 heterocycles. The zero-order chi connectivity index (χ0) is 14.5. The summed E-state index contributed by atoms with van der Waals surface area (Å²) in [4.78, 5) is 14.6. The average molecular weight is 291 g/mol. The lowest BCUT2D eigenvalue weighted by atomic mass is 10.2. The van der Waals surface area contributed by atoms with Crippen molar-refractivity contribution in [2.24, 2.45) is 0 Å². The van der Waals surface area contributed by atoms with Crippen LogP contribution < -0.4 is 9.47 Å². The molecule has 0 fully saturated rings. The van der Waals surface area contributed by atoms with Crippen molar-refractivity contribution in [3.05, 3.63) is 46.2 Å². The average Bonchev–Trinajstić information content (AvgIpc) is 3.00. The summed E-state index contributed by atoms with van der Waals surface area (Å²) in [6.45, 7) is 0.525. The summed E-state index contributed by atoms with van der Waals surface area (Å²) < 4.78 is 10.5. The van der Waals surface area contributed by atoms with Crippen LogP contribution in [0.1, 0.15) is 15.2 Å². The highest BCUT2D eigenvalue weighted by molar-refractivity contribution is 7.12. The third-order valence-electron chi connectivity index (χ3n) is 2.95. The molecule has 0 atom stereocenters. The molecule has 1 aromatic carbocycles. The first-order valence-corrected chi connectivity index (χ1v) is 7.03. The minimum atomic E-state index is 0.0229. The largest absolute Gasteiger partial charge is 0.493 e. The number of benzene rings is 1. The second kappa shape index (κ2) is 6.43. The number of amides is 1. The molecule has 20 heavy (non-hydrogen) atoms. The SMILES string of the molecule is COc1ccc(CN(C)C(=O)c2cccs2)cc1OC. The Labute approximate surface area is 122 Å². The van der Waals surface area contributed by atoms with Crippen LogP contribution in [0.2, 0.25) is 0 Å². The summed E-state index contributed by atoms with van der Waals surface area (Å²) in [5.41, 5.74) is 0.995. The molecule has 2 rings (SSSR count). The Bertz CT molecular complexity index is 581. The standard InChI is InChI=1S/C15H17NO3S/c1-16(15(17)14-5-4-8-20-14)10-11-6-7-12(18-2)13(9-11)19-3/h4-9H,10H2,1-3H3. The maximum Gasteiger partial charge on any atom is 0.263 e. The molecule has 0 saturated heterocycles. The van der Waals surface area contributed by atoms with Crippen molar-refractivity contribution in [1.29, 1.82) is 0 Å². The molecule has 106 valence electrons. The Morgan fingerprint density at radius 2 is 1.95 bits per heavy atom. The van der Waals surface area contributed by atoms with Gasteiger partial charge in [-0.2, -0.15) is 0 Å². The van der Waals surface area contributed by atoms with E-state index in [0.29, 0.717) is 18.0 Å². The minimum absolute atomic E-state index is 0.0229. The number of carbonyl (C=O) groups excluding carboxylic acids is 1. The number of hydrogen-bond acceptors (Lipinski definition) is 4. The lowest BCUT2D eigenvalue weighted by Gasteiger charge is -2.17. The summed E-state index contributed by atoms with van der Waals surface area (Å²) in [6, 6.07) is 9.37. The van der Waals surface area contributed by atoms with Crippen LogP contribution in [0.4, 0.5) is 0 Å². The number of hydrogen-bond donors (Lipinski definition) is 0. The molecule has 4 nitrogen and oxygen atoms in total. The summed E-state index contributed by atoms with van der Waals surface area (Å²) in [5.74, 6) is 1.38. The van der Waals surface area contributed by atoms with Crippen LogP contribution in [0.15, 0.2) is 35.7 Å². The molecule has 1 aromatic heterocycles. The van der Waals surface area contributed by atoms with Crippen molar-refractivity contribution in [3.8, 4) is 11.5 Å². The van der Waals surface area contributed by atoms with Gasteiger partial charge in [0.15, 0.2) is 11.5 Å². The van der Waals surface area contributed by atoms with E-state index in [-0.39, 0.29) is 5.91 Å². The minimum Gasteiger partial charge on any atom is -0.493 e. The molecule has 5 heteroatoms. The Morgan fingerprint density at radius 3 is 2.55 bits per heavy atom. The molecule has 0 saturated carbocycles. The summed E-state index contributed by atoms with van der Waals surface area (Å²) in [7, 11) is 4.99. The van der Waals surface area contributed by atoms with Gasteiger partial charge in [-0.25, -0.2) is 0 Å². The number of methoxy groups -OCH3 is 2. The summed E-state index contributed by atoms with van der Waals surface area (Å²) >= 11 is 1.45. The van der Waals surface area contributed by atoms with Crippen LogP contribution in [-0.4, -0.2) is 32.1 Å². The zero-order valence-corrected chi connectivity index (χ0v) is 12.6. The number of thiophene rings is 1. The normalized spacial score (nSPS) is 10.2. The van der Waals surface area contributed by atoms with E-state index in [1.54, 1.807) is 26.2 Å². The van der Waals surface area contributed by atoms with E-state index in [1.807, 2.05) is 35.7 Å². The van der Waals surface area contributed by atoms with E-state index in [9.17, 15) is 4.79 Å². The maximum absolute atomic E-state index is 12.2. The second-order valence-electron chi connectivity index (χ2n) is 4.33. The predicted octanol–water partition coefficient (Wildman–Crippen LogP) is 3.04. The third-order valence-corrected chi connectivity index (χ3v) is 3.80. The van der Waals surface area contributed by atoms with Gasteiger partial charge in [0.05, 0.1) is 19.1 Å². The van der Waals surface area contributed by atoms with Gasteiger partial charge in [0.2, 0.25) is 0 Å². The molecule has 0 bridgehead atoms. The fourth-order valence-corrected chi connectivity index (χ4v) is 2.63. The number of carbonyl (C=O) groups is 1. The molecular weight excluding hydrogens is 274 g/mol. The number of ether oxygens (including phenoxy) is 2. The van der Waals surface area contributed by atoms with Gasteiger partial charge < -0.3 is 14.4 Å². The van der Waals surface area contributed by atoms with Crippen LogP contribution in [0.25, 0.3) is 0 Å². The molecule has 0 spiro atoms. The lowest BCUT2D eigenvalue weighted by Crippen LogP contribution is -2.25.